The minimum absolute atomic E-state index is 1.03. The molecule has 0 fully saturated rings. The minimum Gasteiger partial charge on any atom is -0.0587 e. The lowest BCUT2D eigenvalue weighted by Crippen LogP contribution is -1.88. The number of benzene rings is 2. The van der Waals surface area contributed by atoms with E-state index in [0.717, 1.165) is 6.42 Å². The van der Waals surface area contributed by atoms with Gasteiger partial charge < -0.3 is 0 Å². The van der Waals surface area contributed by atoms with Crippen molar-refractivity contribution >= 4 is 11.1 Å². The maximum atomic E-state index is 2.30. The van der Waals surface area contributed by atoms with E-state index >= 15 is 0 Å². The van der Waals surface area contributed by atoms with Crippen molar-refractivity contribution in [2.75, 3.05) is 0 Å². The number of allylic oxidation sites excluding steroid dienone is 4. The van der Waals surface area contributed by atoms with Crippen LogP contribution >= 0.6 is 0 Å². The largest absolute Gasteiger partial charge is 0.0587 e. The van der Waals surface area contributed by atoms with Crippen molar-refractivity contribution in [3.8, 4) is 0 Å². The molecule has 0 heterocycles. The molecule has 0 nitrogen and oxygen atoms in total. The molecular formula is C20H20. The zero-order valence-electron chi connectivity index (χ0n) is 12.4. The molecule has 0 bridgehead atoms. The highest BCUT2D eigenvalue weighted by atomic mass is 14.2. The Bertz CT molecular complexity index is 697. The second kappa shape index (κ2) is 5.13. The van der Waals surface area contributed by atoms with Crippen LogP contribution < -0.4 is 0 Å². The van der Waals surface area contributed by atoms with E-state index in [1.54, 1.807) is 0 Å². The average molecular weight is 260 g/mol. The lowest BCUT2D eigenvalue weighted by atomic mass is 9.96. The fourth-order valence-electron chi connectivity index (χ4n) is 2.63. The first-order chi connectivity index (χ1) is 9.63. The van der Waals surface area contributed by atoms with Gasteiger partial charge in [-0.3, -0.25) is 0 Å². The Hall–Kier alpha value is -2.08. The summed E-state index contributed by atoms with van der Waals surface area (Å²) in [6.45, 7) is 6.48. The standard InChI is InChI=1S/C20H20/c1-14-4-7-17(8-5-14)19-10-11-20(13-19)18-9-6-15(2)16(3)12-18/h4-12H,13H2,1-3H3. The summed E-state index contributed by atoms with van der Waals surface area (Å²) in [6.07, 6.45) is 5.56. The van der Waals surface area contributed by atoms with Crippen molar-refractivity contribution in [1.82, 2.24) is 0 Å². The molecule has 0 heteroatoms. The Morgan fingerprint density at radius 3 is 1.90 bits per heavy atom. The van der Waals surface area contributed by atoms with E-state index in [1.165, 1.54) is 39.0 Å². The van der Waals surface area contributed by atoms with E-state index in [-0.39, 0.29) is 0 Å². The predicted octanol–water partition coefficient (Wildman–Crippen LogP) is 5.48. The maximum absolute atomic E-state index is 2.30. The van der Waals surface area contributed by atoms with Gasteiger partial charge in [-0.2, -0.15) is 0 Å². The van der Waals surface area contributed by atoms with Crippen LogP contribution in [0.4, 0.5) is 0 Å². The molecule has 0 unspecified atom stereocenters. The number of hydrogen-bond donors (Lipinski definition) is 0. The van der Waals surface area contributed by atoms with Crippen LogP contribution in [0, 0.1) is 20.8 Å². The molecule has 0 aliphatic heterocycles. The molecule has 0 amide bonds. The molecule has 100 valence electrons. The first kappa shape index (κ1) is 12.9. The zero-order valence-corrected chi connectivity index (χ0v) is 12.4. The molecule has 3 rings (SSSR count). The second-order valence-corrected chi connectivity index (χ2v) is 5.73. The molecule has 2 aromatic carbocycles. The van der Waals surface area contributed by atoms with Gasteiger partial charge in [0.1, 0.15) is 0 Å². The molecule has 20 heavy (non-hydrogen) atoms. The van der Waals surface area contributed by atoms with Crippen LogP contribution in [0.15, 0.2) is 54.6 Å². The molecule has 0 saturated heterocycles. The third kappa shape index (κ3) is 2.46. The summed E-state index contributed by atoms with van der Waals surface area (Å²) in [6, 6.07) is 15.6. The van der Waals surface area contributed by atoms with Gasteiger partial charge in [0, 0.05) is 0 Å². The predicted molar refractivity (Wildman–Crippen MR) is 87.7 cm³/mol. The Labute approximate surface area is 121 Å². The highest BCUT2D eigenvalue weighted by molar-refractivity contribution is 5.86. The third-order valence-electron chi connectivity index (χ3n) is 4.17. The Balaban J connectivity index is 1.81. The van der Waals surface area contributed by atoms with Crippen molar-refractivity contribution in [2.45, 2.75) is 27.2 Å². The summed E-state index contributed by atoms with van der Waals surface area (Å²) in [5.74, 6) is 0. The molecule has 0 atom stereocenters. The smallest absolute Gasteiger partial charge is 0.00139 e. The Morgan fingerprint density at radius 1 is 0.650 bits per heavy atom. The Kier molecular flexibility index (Phi) is 3.31. The molecule has 0 spiro atoms. The molecule has 0 N–H and O–H groups in total. The average Bonchev–Trinajstić information content (AvgIpc) is 2.92. The van der Waals surface area contributed by atoms with E-state index in [1.807, 2.05) is 0 Å². The summed E-state index contributed by atoms with van der Waals surface area (Å²) >= 11 is 0. The zero-order chi connectivity index (χ0) is 14.1. The van der Waals surface area contributed by atoms with Crippen LogP contribution in [-0.2, 0) is 0 Å². The van der Waals surface area contributed by atoms with Gasteiger partial charge in [0.2, 0.25) is 0 Å². The van der Waals surface area contributed by atoms with Crippen LogP contribution in [0.1, 0.15) is 34.2 Å². The van der Waals surface area contributed by atoms with Gasteiger partial charge in [0.05, 0.1) is 0 Å². The highest BCUT2D eigenvalue weighted by Crippen LogP contribution is 2.34. The van der Waals surface area contributed by atoms with Crippen LogP contribution in [0.5, 0.6) is 0 Å². The number of aryl methyl sites for hydroxylation is 3. The van der Waals surface area contributed by atoms with Crippen molar-refractivity contribution in [1.29, 1.82) is 0 Å². The van der Waals surface area contributed by atoms with Crippen LogP contribution in [0.2, 0.25) is 0 Å². The summed E-state index contributed by atoms with van der Waals surface area (Å²) < 4.78 is 0. The van der Waals surface area contributed by atoms with Crippen molar-refractivity contribution in [3.05, 3.63) is 82.4 Å². The van der Waals surface area contributed by atoms with Crippen LogP contribution in [0.25, 0.3) is 11.1 Å². The molecule has 0 radical (unpaired) electrons. The first-order valence-corrected chi connectivity index (χ1v) is 7.18. The van der Waals surface area contributed by atoms with Gasteiger partial charge in [0.15, 0.2) is 0 Å². The SMILES string of the molecule is Cc1ccc(C2=CC=C(c3ccc(C)c(C)c3)C2)cc1. The molecular weight excluding hydrogens is 240 g/mol. The second-order valence-electron chi connectivity index (χ2n) is 5.73. The lowest BCUT2D eigenvalue weighted by molar-refractivity contribution is 1.31. The van der Waals surface area contributed by atoms with E-state index in [4.69, 9.17) is 0 Å². The summed E-state index contributed by atoms with van der Waals surface area (Å²) in [5, 5.41) is 0. The topological polar surface area (TPSA) is 0 Å². The van der Waals surface area contributed by atoms with Gasteiger partial charge in [-0.15, -0.1) is 0 Å². The summed E-state index contributed by atoms with van der Waals surface area (Å²) in [4.78, 5) is 0. The maximum Gasteiger partial charge on any atom is -0.00139 e. The fourth-order valence-corrected chi connectivity index (χ4v) is 2.63. The number of hydrogen-bond acceptors (Lipinski definition) is 0. The van der Waals surface area contributed by atoms with Crippen molar-refractivity contribution < 1.29 is 0 Å². The monoisotopic (exact) mass is 260 g/mol. The number of rotatable bonds is 2. The molecule has 0 aromatic heterocycles. The molecule has 1 aliphatic carbocycles. The van der Waals surface area contributed by atoms with Gasteiger partial charge in [-0.1, -0.05) is 60.2 Å². The molecule has 0 saturated carbocycles. The van der Waals surface area contributed by atoms with Gasteiger partial charge in [0.25, 0.3) is 0 Å². The highest BCUT2D eigenvalue weighted by Gasteiger charge is 2.12. The van der Waals surface area contributed by atoms with Crippen LogP contribution in [0.3, 0.4) is 0 Å². The molecule has 1 aliphatic rings. The summed E-state index contributed by atoms with van der Waals surface area (Å²) in [5.41, 5.74) is 9.57. The first-order valence-electron chi connectivity index (χ1n) is 7.18. The third-order valence-corrected chi connectivity index (χ3v) is 4.17. The minimum atomic E-state index is 1.03. The molecule has 2 aromatic rings. The normalized spacial score (nSPS) is 14.2. The lowest BCUT2D eigenvalue weighted by Gasteiger charge is -2.09. The van der Waals surface area contributed by atoms with Gasteiger partial charge >= 0.3 is 0 Å². The van der Waals surface area contributed by atoms with Gasteiger partial charge in [-0.25, -0.2) is 0 Å². The van der Waals surface area contributed by atoms with E-state index in [9.17, 15) is 0 Å². The van der Waals surface area contributed by atoms with E-state index in [0.29, 0.717) is 0 Å². The summed E-state index contributed by atoms with van der Waals surface area (Å²) in [7, 11) is 0. The Morgan fingerprint density at radius 2 is 1.25 bits per heavy atom. The van der Waals surface area contributed by atoms with E-state index < -0.39 is 0 Å². The quantitative estimate of drug-likeness (QED) is 0.670. The van der Waals surface area contributed by atoms with E-state index in [2.05, 4.69) is 75.4 Å². The van der Waals surface area contributed by atoms with Crippen molar-refractivity contribution in [2.24, 2.45) is 0 Å². The van der Waals surface area contributed by atoms with Crippen LogP contribution in [-0.4, -0.2) is 0 Å². The van der Waals surface area contributed by atoms with Crippen molar-refractivity contribution in [3.63, 3.8) is 0 Å². The van der Waals surface area contributed by atoms with Gasteiger partial charge in [-0.05, 0) is 60.6 Å². The fraction of sp³-hybridized carbons (Fsp3) is 0.200.